The normalized spacial score (nSPS) is 17.9. The van der Waals surface area contributed by atoms with Crippen LogP contribution in [0.25, 0.3) is 11.1 Å². The number of halogens is 2. The lowest BCUT2D eigenvalue weighted by Crippen LogP contribution is -2.39. The van der Waals surface area contributed by atoms with Crippen LogP contribution in [-0.2, 0) is 17.8 Å². The first-order chi connectivity index (χ1) is 20.1. The van der Waals surface area contributed by atoms with E-state index >= 15 is 8.78 Å². The summed E-state index contributed by atoms with van der Waals surface area (Å²) in [7, 11) is 1.24. The fraction of sp³-hybridized carbons (Fsp3) is 0.647. The average molecular weight is 604 g/mol. The number of nitrogens with zero attached hydrogens (tertiary/aromatic N) is 3. The van der Waals surface area contributed by atoms with E-state index in [-0.39, 0.29) is 11.8 Å². The maximum Gasteiger partial charge on any atom is 0.307 e. The minimum atomic E-state index is -0.956. The number of rotatable bonds is 7. The van der Waals surface area contributed by atoms with Crippen molar-refractivity contribution in [1.82, 2.24) is 9.88 Å². The molecule has 3 heterocycles. The molecule has 1 aromatic carbocycles. The van der Waals surface area contributed by atoms with Gasteiger partial charge in [0.25, 0.3) is 0 Å². The number of aliphatic hydroxyl groups is 1. The van der Waals surface area contributed by atoms with Crippen molar-refractivity contribution in [3.05, 3.63) is 40.7 Å². The number of anilines is 1. The summed E-state index contributed by atoms with van der Waals surface area (Å²) in [4.78, 5) is 21.5. The van der Waals surface area contributed by atoms with Crippen LogP contribution in [0.3, 0.4) is 0 Å². The largest absolute Gasteiger partial charge is 0.491 e. The molecule has 9 heteroatoms. The number of aromatic nitrogens is 1. The molecule has 2 aliphatic heterocycles. The topological polar surface area (TPSA) is 86.1 Å². The Bertz CT molecular complexity index is 1210. The molecule has 0 saturated carbocycles. The van der Waals surface area contributed by atoms with Gasteiger partial charge in [0.1, 0.15) is 0 Å². The number of methoxy groups -OCH3 is 1. The number of aliphatic carboxylic acids is 1. The Kier molecular flexibility index (Phi) is 11.9. The van der Waals surface area contributed by atoms with Crippen molar-refractivity contribution in [2.45, 2.75) is 105 Å². The number of pyridine rings is 1. The van der Waals surface area contributed by atoms with Crippen molar-refractivity contribution in [2.75, 3.05) is 38.2 Å². The lowest BCUT2D eigenvalue weighted by Gasteiger charge is -2.40. The second-order valence-corrected chi connectivity index (χ2v) is 13.8. The van der Waals surface area contributed by atoms with E-state index in [0.717, 1.165) is 63.2 Å². The number of hydrogen-bond acceptors (Lipinski definition) is 6. The zero-order chi connectivity index (χ0) is 31.9. The smallest absolute Gasteiger partial charge is 0.307 e. The number of ether oxygens (including phenoxy) is 1. The molecule has 2 saturated heterocycles. The van der Waals surface area contributed by atoms with Gasteiger partial charge in [0, 0.05) is 36.5 Å². The predicted octanol–water partition coefficient (Wildman–Crippen LogP) is 7.14. The number of benzene rings is 1. The highest BCUT2D eigenvalue weighted by Gasteiger charge is 2.32. The molecule has 240 valence electrons. The number of piperidine rings is 1. The van der Waals surface area contributed by atoms with Crippen LogP contribution in [-0.4, -0.2) is 65.0 Å². The van der Waals surface area contributed by atoms with E-state index in [1.165, 1.54) is 38.5 Å². The quantitative estimate of drug-likeness (QED) is 0.348. The molecule has 0 spiro atoms. The van der Waals surface area contributed by atoms with E-state index in [1.54, 1.807) is 20.8 Å². The lowest BCUT2D eigenvalue weighted by atomic mass is 9.82. The number of aryl methyl sites for hydroxylation is 1. The second kappa shape index (κ2) is 14.8. The Morgan fingerprint density at radius 2 is 1.51 bits per heavy atom. The summed E-state index contributed by atoms with van der Waals surface area (Å²) in [6, 6.07) is 2.60. The summed E-state index contributed by atoms with van der Waals surface area (Å²) < 4.78 is 35.0. The molecule has 2 N–H and O–H groups in total. The van der Waals surface area contributed by atoms with Gasteiger partial charge in [0.2, 0.25) is 0 Å². The van der Waals surface area contributed by atoms with E-state index in [4.69, 9.17) is 14.8 Å². The molecule has 0 bridgehead atoms. The molecule has 0 aliphatic carbocycles. The molecule has 2 aliphatic rings. The highest BCUT2D eigenvalue weighted by molar-refractivity contribution is 5.86. The van der Waals surface area contributed by atoms with Crippen LogP contribution >= 0.6 is 0 Å². The summed E-state index contributed by atoms with van der Waals surface area (Å²) in [6.45, 7) is 15.5. The molecule has 0 radical (unpaired) electrons. The van der Waals surface area contributed by atoms with Crippen LogP contribution in [0.5, 0.6) is 5.75 Å². The highest BCUT2D eigenvalue weighted by Crippen LogP contribution is 2.43. The average Bonchev–Trinajstić information content (AvgIpc) is 2.85. The Hall–Kier alpha value is -2.78. The van der Waals surface area contributed by atoms with E-state index in [0.29, 0.717) is 28.9 Å². The molecule has 4 rings (SSSR count). The Morgan fingerprint density at radius 1 is 1.00 bits per heavy atom. The van der Waals surface area contributed by atoms with Crippen molar-refractivity contribution in [1.29, 1.82) is 0 Å². The van der Waals surface area contributed by atoms with Gasteiger partial charge in [-0.2, -0.15) is 0 Å². The zero-order valence-electron chi connectivity index (χ0n) is 27.2. The molecule has 1 aromatic heterocycles. The van der Waals surface area contributed by atoms with Crippen molar-refractivity contribution in [2.24, 2.45) is 5.41 Å². The van der Waals surface area contributed by atoms with Gasteiger partial charge in [0.05, 0.1) is 30.5 Å². The summed E-state index contributed by atoms with van der Waals surface area (Å²) in [6.07, 6.45) is 7.51. The Labute approximate surface area is 256 Å². The summed E-state index contributed by atoms with van der Waals surface area (Å²) in [5, 5.41) is 18.3. The zero-order valence-corrected chi connectivity index (χ0v) is 27.2. The number of carboxylic acids is 1. The van der Waals surface area contributed by atoms with Crippen molar-refractivity contribution in [3.8, 4) is 16.9 Å². The minimum Gasteiger partial charge on any atom is -0.491 e. The van der Waals surface area contributed by atoms with Crippen LogP contribution in [0.2, 0.25) is 0 Å². The molecule has 0 amide bonds. The van der Waals surface area contributed by atoms with E-state index in [9.17, 15) is 9.90 Å². The molecule has 0 atom stereocenters. The van der Waals surface area contributed by atoms with Gasteiger partial charge < -0.3 is 19.8 Å². The van der Waals surface area contributed by atoms with Gasteiger partial charge in [0.15, 0.2) is 17.4 Å². The third-order valence-electron chi connectivity index (χ3n) is 8.12. The monoisotopic (exact) mass is 603 g/mol. The van der Waals surface area contributed by atoms with Crippen molar-refractivity contribution in [3.63, 3.8) is 0 Å². The predicted molar refractivity (Wildman–Crippen MR) is 168 cm³/mol. The standard InChI is InChI=1S/C30H41F2N3O3.C4H10O/c1-20-22(18-26(36)37)28(35-14-10-30(2,3)11-15-35)27(21-16-23(31)29(38-4)24(32)17-21)25(33-20)19-34-12-8-6-5-7-9-13-34;1-4(2,3)5/h16-17H,5-15,18-19H2,1-4H3,(H,36,37);5H,1-3H3. The second-order valence-electron chi connectivity index (χ2n) is 13.8. The molecule has 7 nitrogen and oxygen atoms in total. The molecule has 2 aromatic rings. The molecule has 0 unspecified atom stereocenters. The van der Waals surface area contributed by atoms with E-state index < -0.39 is 29.0 Å². The molecule has 43 heavy (non-hydrogen) atoms. The Morgan fingerprint density at radius 3 is 2.00 bits per heavy atom. The van der Waals surface area contributed by atoms with Crippen LogP contribution in [0.4, 0.5) is 14.5 Å². The summed E-state index contributed by atoms with van der Waals surface area (Å²) in [5.74, 6) is -2.95. The third kappa shape index (κ3) is 10.1. The number of likely N-dealkylation sites (tertiary alicyclic amines) is 1. The molecular formula is C34H51F2N3O4. The maximum atomic E-state index is 15.0. The van der Waals surface area contributed by atoms with Crippen molar-refractivity contribution < 1.29 is 28.5 Å². The van der Waals surface area contributed by atoms with Gasteiger partial charge in [-0.15, -0.1) is 0 Å². The first-order valence-corrected chi connectivity index (χ1v) is 15.6. The fourth-order valence-corrected chi connectivity index (χ4v) is 5.83. The maximum absolute atomic E-state index is 15.0. The van der Waals surface area contributed by atoms with Gasteiger partial charge in [-0.05, 0) is 89.6 Å². The van der Waals surface area contributed by atoms with Crippen LogP contribution < -0.4 is 9.64 Å². The van der Waals surface area contributed by atoms with E-state index in [2.05, 4.69) is 23.6 Å². The van der Waals surface area contributed by atoms with E-state index in [1.807, 2.05) is 6.92 Å². The first-order valence-electron chi connectivity index (χ1n) is 15.6. The lowest BCUT2D eigenvalue weighted by molar-refractivity contribution is -0.136. The third-order valence-corrected chi connectivity index (χ3v) is 8.12. The fourth-order valence-electron chi connectivity index (χ4n) is 5.83. The van der Waals surface area contributed by atoms with Gasteiger partial charge in [-0.25, -0.2) is 8.78 Å². The summed E-state index contributed by atoms with van der Waals surface area (Å²) >= 11 is 0. The van der Waals surface area contributed by atoms with Gasteiger partial charge in [-0.3, -0.25) is 14.7 Å². The first kappa shape index (κ1) is 34.7. The SMILES string of the molecule is CC(C)(C)O.COc1c(F)cc(-c2c(CN3CCCCCCC3)nc(C)c(CC(=O)O)c2N2CCC(C)(C)CC2)cc1F. The van der Waals surface area contributed by atoms with Crippen LogP contribution in [0.1, 0.15) is 96.5 Å². The highest BCUT2D eigenvalue weighted by atomic mass is 19.1. The number of hydrogen-bond donors (Lipinski definition) is 2. The van der Waals surface area contributed by atoms with Crippen LogP contribution in [0, 0.1) is 24.0 Å². The van der Waals surface area contributed by atoms with Gasteiger partial charge in [-0.1, -0.05) is 33.1 Å². The molecule has 2 fully saturated rings. The van der Waals surface area contributed by atoms with Crippen molar-refractivity contribution >= 4 is 11.7 Å². The van der Waals surface area contributed by atoms with Gasteiger partial charge >= 0.3 is 5.97 Å². The van der Waals surface area contributed by atoms with Crippen LogP contribution in [0.15, 0.2) is 12.1 Å². The molecular weight excluding hydrogens is 552 g/mol. The summed E-state index contributed by atoms with van der Waals surface area (Å²) in [5.41, 5.74) is 3.43. The number of carboxylic acid groups (broad SMARTS) is 1. The Balaban J connectivity index is 0.000000934. The number of carbonyl (C=O) groups is 1. The minimum absolute atomic E-state index is 0.178.